The van der Waals surface area contributed by atoms with Crippen molar-refractivity contribution in [3.63, 3.8) is 0 Å². The standard InChI is InChI=1S/C12H14O4/c1-6(11-7(13)2-3-8(11)14)12-9(15)4-5-10(12)16/h6,13,15H,2-5H2,1H3. The monoisotopic (exact) mass is 222 g/mol. The number of aliphatic hydroxyl groups is 2. The normalized spacial score (nSPS) is 21.9. The lowest BCUT2D eigenvalue weighted by Crippen LogP contribution is -2.14. The fraction of sp³-hybridized carbons (Fsp3) is 0.500. The number of allylic oxidation sites excluding steroid dienone is 4. The van der Waals surface area contributed by atoms with Crippen molar-refractivity contribution in [3.05, 3.63) is 22.7 Å². The topological polar surface area (TPSA) is 74.6 Å². The lowest BCUT2D eigenvalue weighted by molar-refractivity contribution is -0.115. The van der Waals surface area contributed by atoms with Crippen LogP contribution in [0.5, 0.6) is 0 Å². The van der Waals surface area contributed by atoms with Crippen molar-refractivity contribution in [3.8, 4) is 0 Å². The first-order valence-electron chi connectivity index (χ1n) is 5.42. The average molecular weight is 222 g/mol. The van der Waals surface area contributed by atoms with Crippen molar-refractivity contribution in [2.75, 3.05) is 0 Å². The zero-order valence-corrected chi connectivity index (χ0v) is 9.12. The van der Waals surface area contributed by atoms with Gasteiger partial charge in [-0.25, -0.2) is 0 Å². The molecule has 0 amide bonds. The van der Waals surface area contributed by atoms with Crippen molar-refractivity contribution in [2.24, 2.45) is 5.92 Å². The zero-order chi connectivity index (χ0) is 11.9. The van der Waals surface area contributed by atoms with Crippen LogP contribution in [0.3, 0.4) is 0 Å². The van der Waals surface area contributed by atoms with Gasteiger partial charge in [0.25, 0.3) is 0 Å². The Morgan fingerprint density at radius 2 is 1.25 bits per heavy atom. The van der Waals surface area contributed by atoms with Crippen LogP contribution in [0.1, 0.15) is 32.6 Å². The van der Waals surface area contributed by atoms with Crippen LogP contribution in [0, 0.1) is 5.92 Å². The first-order valence-corrected chi connectivity index (χ1v) is 5.42. The lowest BCUT2D eigenvalue weighted by Gasteiger charge is -2.13. The minimum atomic E-state index is -0.481. The van der Waals surface area contributed by atoms with E-state index in [4.69, 9.17) is 0 Å². The highest BCUT2D eigenvalue weighted by Gasteiger charge is 2.35. The number of hydrogen-bond acceptors (Lipinski definition) is 4. The molecule has 2 aliphatic carbocycles. The summed E-state index contributed by atoms with van der Waals surface area (Å²) in [7, 11) is 0. The summed E-state index contributed by atoms with van der Waals surface area (Å²) in [5.74, 6) is -0.588. The van der Waals surface area contributed by atoms with Gasteiger partial charge < -0.3 is 10.2 Å². The van der Waals surface area contributed by atoms with Crippen molar-refractivity contribution >= 4 is 11.6 Å². The summed E-state index contributed by atoms with van der Waals surface area (Å²) in [6.45, 7) is 1.68. The second-order valence-corrected chi connectivity index (χ2v) is 4.29. The highest BCUT2D eigenvalue weighted by molar-refractivity contribution is 6.04. The summed E-state index contributed by atoms with van der Waals surface area (Å²) < 4.78 is 0. The van der Waals surface area contributed by atoms with E-state index in [1.165, 1.54) is 0 Å². The molecule has 0 heterocycles. The van der Waals surface area contributed by atoms with E-state index in [1.54, 1.807) is 6.92 Å². The maximum absolute atomic E-state index is 11.6. The van der Waals surface area contributed by atoms with Crippen molar-refractivity contribution in [1.29, 1.82) is 0 Å². The van der Waals surface area contributed by atoms with E-state index in [0.29, 0.717) is 36.8 Å². The van der Waals surface area contributed by atoms with Crippen LogP contribution in [-0.4, -0.2) is 21.8 Å². The fourth-order valence-corrected chi connectivity index (χ4v) is 2.45. The van der Waals surface area contributed by atoms with Crippen LogP contribution in [-0.2, 0) is 9.59 Å². The van der Waals surface area contributed by atoms with Crippen LogP contribution in [0.15, 0.2) is 22.7 Å². The van der Waals surface area contributed by atoms with E-state index in [2.05, 4.69) is 0 Å². The van der Waals surface area contributed by atoms with E-state index < -0.39 is 5.92 Å². The molecule has 4 heteroatoms. The Hall–Kier alpha value is -1.58. The van der Waals surface area contributed by atoms with Crippen molar-refractivity contribution < 1.29 is 19.8 Å². The molecule has 0 aromatic carbocycles. The highest BCUT2D eigenvalue weighted by atomic mass is 16.3. The second kappa shape index (κ2) is 3.77. The van der Waals surface area contributed by atoms with Crippen LogP contribution in [0.2, 0.25) is 0 Å². The summed E-state index contributed by atoms with van der Waals surface area (Å²) in [5.41, 5.74) is 0.605. The summed E-state index contributed by atoms with van der Waals surface area (Å²) >= 11 is 0. The maximum atomic E-state index is 11.6. The van der Waals surface area contributed by atoms with Gasteiger partial charge in [-0.1, -0.05) is 6.92 Å². The molecule has 0 fully saturated rings. The Balaban J connectivity index is 2.36. The Bertz CT molecular complexity index is 388. The van der Waals surface area contributed by atoms with Crippen LogP contribution in [0.4, 0.5) is 0 Å². The lowest BCUT2D eigenvalue weighted by atomic mass is 9.90. The number of Topliss-reactive ketones (excluding diaryl/α,β-unsaturated/α-hetero) is 2. The van der Waals surface area contributed by atoms with Gasteiger partial charge in [0, 0.05) is 42.7 Å². The summed E-state index contributed by atoms with van der Waals surface area (Å²) in [6.07, 6.45) is 1.29. The largest absolute Gasteiger partial charge is 0.512 e. The molecular formula is C12H14O4. The predicted octanol–water partition coefficient (Wildman–Crippen LogP) is 1.97. The van der Waals surface area contributed by atoms with Gasteiger partial charge in [-0.3, -0.25) is 9.59 Å². The molecule has 16 heavy (non-hydrogen) atoms. The van der Waals surface area contributed by atoms with E-state index in [0.717, 1.165) is 0 Å². The Labute approximate surface area is 93.3 Å². The molecule has 0 aromatic heterocycles. The Kier molecular flexibility index (Phi) is 2.58. The Morgan fingerprint density at radius 1 is 0.875 bits per heavy atom. The first kappa shape index (κ1) is 10.9. The average Bonchev–Trinajstić information content (AvgIpc) is 2.71. The molecule has 4 nitrogen and oxygen atoms in total. The van der Waals surface area contributed by atoms with E-state index in [1.807, 2.05) is 0 Å². The maximum Gasteiger partial charge on any atom is 0.163 e. The van der Waals surface area contributed by atoms with Gasteiger partial charge in [-0.15, -0.1) is 0 Å². The molecule has 0 saturated heterocycles. The smallest absolute Gasteiger partial charge is 0.163 e. The SMILES string of the molecule is CC(C1=C(O)CCC1=O)C1=C(O)CCC1=O. The molecule has 0 spiro atoms. The third kappa shape index (κ3) is 1.54. The van der Waals surface area contributed by atoms with Crippen LogP contribution >= 0.6 is 0 Å². The quantitative estimate of drug-likeness (QED) is 0.749. The summed E-state index contributed by atoms with van der Waals surface area (Å²) in [4.78, 5) is 23.1. The van der Waals surface area contributed by atoms with Gasteiger partial charge in [-0.05, 0) is 0 Å². The summed E-state index contributed by atoms with van der Waals surface area (Å²) in [5, 5.41) is 19.2. The summed E-state index contributed by atoms with van der Waals surface area (Å²) in [6, 6.07) is 0. The number of rotatable bonds is 2. The molecule has 0 atom stereocenters. The number of carbonyl (C=O) groups is 2. The molecule has 0 aromatic rings. The minimum Gasteiger partial charge on any atom is -0.512 e. The molecule has 2 N–H and O–H groups in total. The van der Waals surface area contributed by atoms with Gasteiger partial charge in [0.05, 0.1) is 0 Å². The van der Waals surface area contributed by atoms with Gasteiger partial charge in [0.1, 0.15) is 11.5 Å². The number of ketones is 2. The third-order valence-corrected chi connectivity index (χ3v) is 3.27. The van der Waals surface area contributed by atoms with E-state index >= 15 is 0 Å². The molecule has 2 rings (SSSR count). The van der Waals surface area contributed by atoms with Gasteiger partial charge >= 0.3 is 0 Å². The zero-order valence-electron chi connectivity index (χ0n) is 9.12. The minimum absolute atomic E-state index is 0.0671. The highest BCUT2D eigenvalue weighted by Crippen LogP contribution is 2.36. The predicted molar refractivity (Wildman–Crippen MR) is 57.0 cm³/mol. The second-order valence-electron chi connectivity index (χ2n) is 4.29. The molecule has 0 bridgehead atoms. The first-order chi connectivity index (χ1) is 7.52. The molecule has 0 aliphatic heterocycles. The van der Waals surface area contributed by atoms with Gasteiger partial charge in [0.2, 0.25) is 0 Å². The van der Waals surface area contributed by atoms with E-state index in [-0.39, 0.29) is 23.1 Å². The molecule has 0 radical (unpaired) electrons. The molecule has 0 unspecified atom stereocenters. The molecular weight excluding hydrogens is 208 g/mol. The van der Waals surface area contributed by atoms with Crippen LogP contribution < -0.4 is 0 Å². The number of aliphatic hydroxyl groups excluding tert-OH is 2. The van der Waals surface area contributed by atoms with Crippen molar-refractivity contribution in [1.82, 2.24) is 0 Å². The fourth-order valence-electron chi connectivity index (χ4n) is 2.45. The van der Waals surface area contributed by atoms with Crippen LogP contribution in [0.25, 0.3) is 0 Å². The third-order valence-electron chi connectivity index (χ3n) is 3.27. The Morgan fingerprint density at radius 3 is 1.50 bits per heavy atom. The van der Waals surface area contributed by atoms with E-state index in [9.17, 15) is 19.8 Å². The van der Waals surface area contributed by atoms with Crippen molar-refractivity contribution in [2.45, 2.75) is 32.6 Å². The number of carbonyl (C=O) groups excluding carboxylic acids is 2. The van der Waals surface area contributed by atoms with Gasteiger partial charge in [-0.2, -0.15) is 0 Å². The molecule has 2 aliphatic rings. The van der Waals surface area contributed by atoms with Gasteiger partial charge in [0.15, 0.2) is 11.6 Å². The number of hydrogen-bond donors (Lipinski definition) is 2. The molecule has 86 valence electrons. The molecule has 0 saturated carbocycles.